The van der Waals surface area contributed by atoms with Crippen LogP contribution in [0.25, 0.3) is 22.4 Å². The van der Waals surface area contributed by atoms with Crippen molar-refractivity contribution in [1.29, 1.82) is 0 Å². The lowest BCUT2D eigenvalue weighted by atomic mass is 9.84. The molecular weight excluding hydrogens is 440 g/mol. The van der Waals surface area contributed by atoms with Gasteiger partial charge in [-0.15, -0.1) is 0 Å². The molecule has 0 bridgehead atoms. The van der Waals surface area contributed by atoms with Gasteiger partial charge in [0.15, 0.2) is 5.75 Å². The number of fused-ring (bicyclic) bond motifs is 4. The Morgan fingerprint density at radius 1 is 0.848 bits per heavy atom. The van der Waals surface area contributed by atoms with Crippen LogP contribution in [0.2, 0.25) is 5.02 Å². The number of hydrogen-bond donors (Lipinski definition) is 1. The topological polar surface area (TPSA) is 85.2 Å². The first-order chi connectivity index (χ1) is 16.1. The molecule has 1 atom stereocenters. The fraction of sp³-hybridized carbons (Fsp3) is 0.0385. The number of halogens is 1. The molecule has 3 aromatic carbocycles. The van der Waals surface area contributed by atoms with Gasteiger partial charge in [-0.2, -0.15) is 4.98 Å². The smallest absolute Gasteiger partial charge is 0.344 e. The van der Waals surface area contributed by atoms with Crippen LogP contribution in [0, 0.1) is 0 Å². The number of aromatic amines is 1. The number of para-hydroxylation sites is 1. The first-order valence-electron chi connectivity index (χ1n) is 10.3. The number of hydrogen-bond acceptors (Lipinski definition) is 5. The first kappa shape index (κ1) is 19.5. The average Bonchev–Trinajstić information content (AvgIpc) is 2.84. The van der Waals surface area contributed by atoms with Crippen molar-refractivity contribution in [3.8, 4) is 23.0 Å². The molecule has 0 radical (unpaired) electrons. The van der Waals surface area contributed by atoms with Gasteiger partial charge in [-0.3, -0.25) is 4.79 Å². The summed E-state index contributed by atoms with van der Waals surface area (Å²) < 4.78 is 11.8. The Morgan fingerprint density at radius 3 is 2.36 bits per heavy atom. The third-order valence-corrected chi connectivity index (χ3v) is 6.00. The second-order valence-electron chi connectivity index (χ2n) is 7.71. The zero-order valence-electron chi connectivity index (χ0n) is 17.0. The highest BCUT2D eigenvalue weighted by atomic mass is 35.5. The molecule has 5 aromatic rings. The molecule has 3 heterocycles. The molecule has 7 heteroatoms. The lowest BCUT2D eigenvalue weighted by molar-refractivity contribution is 0.421. The number of rotatable bonds is 2. The Morgan fingerprint density at radius 2 is 1.58 bits per heavy atom. The van der Waals surface area contributed by atoms with E-state index in [9.17, 15) is 9.59 Å². The summed E-state index contributed by atoms with van der Waals surface area (Å²) in [5, 5.41) is 1.17. The van der Waals surface area contributed by atoms with Crippen LogP contribution in [0.4, 0.5) is 0 Å². The van der Waals surface area contributed by atoms with Gasteiger partial charge in [0, 0.05) is 10.6 Å². The summed E-state index contributed by atoms with van der Waals surface area (Å²) in [6.07, 6.45) is 0. The Bertz CT molecular complexity index is 1640. The molecule has 0 saturated carbocycles. The summed E-state index contributed by atoms with van der Waals surface area (Å²) >= 11 is 6.10. The largest absolute Gasteiger partial charge is 0.437 e. The second-order valence-corrected chi connectivity index (χ2v) is 8.15. The van der Waals surface area contributed by atoms with Crippen LogP contribution in [0.1, 0.15) is 22.6 Å². The standard InChI is InChI=1S/C26H15ClN2O4/c27-16-12-10-14(11-13-16)19-20-22(17-8-4-5-9-18(17)32-26(20)31)33-25-21(19)24(30)28-23(29-25)15-6-2-1-3-7-15/h1-13,19H,(H,28,29,30). The van der Waals surface area contributed by atoms with Crippen molar-refractivity contribution >= 4 is 22.6 Å². The van der Waals surface area contributed by atoms with E-state index in [0.29, 0.717) is 33.1 Å². The summed E-state index contributed by atoms with van der Waals surface area (Å²) in [6, 6.07) is 23.4. The quantitative estimate of drug-likeness (QED) is 0.350. The minimum absolute atomic E-state index is 0.154. The average molecular weight is 455 g/mol. The fourth-order valence-electron chi connectivity index (χ4n) is 4.25. The maximum atomic E-state index is 13.4. The number of H-pyrrole nitrogens is 1. The summed E-state index contributed by atoms with van der Waals surface area (Å²) in [6.45, 7) is 0. The Labute approximate surface area is 192 Å². The van der Waals surface area contributed by atoms with Crippen LogP contribution in [0.5, 0.6) is 11.6 Å². The van der Waals surface area contributed by atoms with Gasteiger partial charge in [0.25, 0.3) is 5.56 Å². The minimum atomic E-state index is -0.733. The van der Waals surface area contributed by atoms with E-state index >= 15 is 0 Å². The first-order valence-corrected chi connectivity index (χ1v) is 10.7. The second kappa shape index (κ2) is 7.46. The van der Waals surface area contributed by atoms with E-state index in [2.05, 4.69) is 9.97 Å². The Hall–Kier alpha value is -4.16. The van der Waals surface area contributed by atoms with Crippen LogP contribution >= 0.6 is 11.6 Å². The molecule has 0 amide bonds. The lowest BCUT2D eigenvalue weighted by Crippen LogP contribution is -2.28. The molecule has 33 heavy (non-hydrogen) atoms. The van der Waals surface area contributed by atoms with Crippen molar-refractivity contribution in [1.82, 2.24) is 9.97 Å². The van der Waals surface area contributed by atoms with E-state index in [0.717, 1.165) is 5.56 Å². The zero-order valence-corrected chi connectivity index (χ0v) is 17.8. The van der Waals surface area contributed by atoms with Crippen LogP contribution in [-0.4, -0.2) is 9.97 Å². The van der Waals surface area contributed by atoms with Crippen LogP contribution in [-0.2, 0) is 0 Å². The van der Waals surface area contributed by atoms with Gasteiger partial charge in [0.05, 0.1) is 22.4 Å². The molecule has 1 aliphatic rings. The molecule has 0 saturated heterocycles. The van der Waals surface area contributed by atoms with Gasteiger partial charge in [-0.1, -0.05) is 66.2 Å². The van der Waals surface area contributed by atoms with Gasteiger partial charge >= 0.3 is 5.63 Å². The highest BCUT2D eigenvalue weighted by Gasteiger charge is 2.37. The van der Waals surface area contributed by atoms with E-state index in [1.54, 1.807) is 36.4 Å². The van der Waals surface area contributed by atoms with Crippen molar-refractivity contribution in [2.24, 2.45) is 0 Å². The van der Waals surface area contributed by atoms with Crippen molar-refractivity contribution in [2.45, 2.75) is 5.92 Å². The molecular formula is C26H15ClN2O4. The lowest BCUT2D eigenvalue weighted by Gasteiger charge is -2.27. The zero-order chi connectivity index (χ0) is 22.5. The van der Waals surface area contributed by atoms with Gasteiger partial charge in [0.1, 0.15) is 11.4 Å². The van der Waals surface area contributed by atoms with Crippen LogP contribution in [0.15, 0.2) is 92.9 Å². The van der Waals surface area contributed by atoms with Crippen LogP contribution < -0.4 is 15.9 Å². The number of ether oxygens (including phenoxy) is 1. The number of benzene rings is 3. The molecule has 0 spiro atoms. The fourth-order valence-corrected chi connectivity index (χ4v) is 4.38. The normalized spacial score (nSPS) is 14.4. The maximum Gasteiger partial charge on any atom is 0.344 e. The van der Waals surface area contributed by atoms with Crippen molar-refractivity contribution in [3.63, 3.8) is 0 Å². The summed E-state index contributed by atoms with van der Waals surface area (Å²) in [7, 11) is 0. The molecule has 2 aromatic heterocycles. The Kier molecular flexibility index (Phi) is 4.41. The Balaban J connectivity index is 1.68. The number of aromatic nitrogens is 2. The number of nitrogens with zero attached hydrogens (tertiary/aromatic N) is 1. The molecule has 1 unspecified atom stereocenters. The molecule has 160 valence electrons. The predicted octanol–water partition coefficient (Wildman–Crippen LogP) is 5.48. The van der Waals surface area contributed by atoms with Crippen molar-refractivity contribution in [3.05, 3.63) is 121 Å². The third-order valence-electron chi connectivity index (χ3n) is 5.75. The van der Waals surface area contributed by atoms with E-state index in [-0.39, 0.29) is 17.0 Å². The van der Waals surface area contributed by atoms with E-state index in [4.69, 9.17) is 20.8 Å². The van der Waals surface area contributed by atoms with Gasteiger partial charge < -0.3 is 14.1 Å². The van der Waals surface area contributed by atoms with E-state index < -0.39 is 17.1 Å². The highest BCUT2D eigenvalue weighted by Crippen LogP contribution is 2.46. The minimum Gasteiger partial charge on any atom is -0.437 e. The van der Waals surface area contributed by atoms with Gasteiger partial charge in [0.2, 0.25) is 5.88 Å². The summed E-state index contributed by atoms with van der Waals surface area (Å²) in [5.41, 5.74) is 1.38. The highest BCUT2D eigenvalue weighted by molar-refractivity contribution is 6.30. The molecule has 1 N–H and O–H groups in total. The van der Waals surface area contributed by atoms with Gasteiger partial charge in [-0.25, -0.2) is 4.79 Å². The summed E-state index contributed by atoms with van der Waals surface area (Å²) in [4.78, 5) is 34.0. The SMILES string of the molecule is O=c1[nH]c(-c2ccccc2)nc2c1C(c1ccc(Cl)cc1)c1c(c3ccccc3oc1=O)O2. The van der Waals surface area contributed by atoms with Crippen LogP contribution in [0.3, 0.4) is 0 Å². The molecule has 1 aliphatic heterocycles. The molecule has 0 aliphatic carbocycles. The molecule has 6 rings (SSSR count). The van der Waals surface area contributed by atoms with Crippen molar-refractivity contribution < 1.29 is 9.15 Å². The monoisotopic (exact) mass is 454 g/mol. The van der Waals surface area contributed by atoms with Crippen molar-refractivity contribution in [2.75, 3.05) is 0 Å². The maximum absolute atomic E-state index is 13.4. The predicted molar refractivity (Wildman–Crippen MR) is 125 cm³/mol. The van der Waals surface area contributed by atoms with E-state index in [1.807, 2.05) is 42.5 Å². The molecule has 6 nitrogen and oxygen atoms in total. The van der Waals surface area contributed by atoms with E-state index in [1.165, 1.54) is 0 Å². The van der Waals surface area contributed by atoms with Gasteiger partial charge in [-0.05, 0) is 29.8 Å². The molecule has 0 fully saturated rings. The summed E-state index contributed by atoms with van der Waals surface area (Å²) in [5.74, 6) is 0.139. The third kappa shape index (κ3) is 3.15. The number of nitrogens with one attached hydrogen (secondary N) is 1.